The Balaban J connectivity index is 2.81. The average molecular weight is 206 g/mol. The van der Waals surface area contributed by atoms with Crippen molar-refractivity contribution in [2.75, 3.05) is 0 Å². The van der Waals surface area contributed by atoms with Gasteiger partial charge in [0.1, 0.15) is 11.6 Å². The number of aryl methyl sites for hydroxylation is 1. The van der Waals surface area contributed by atoms with Crippen molar-refractivity contribution in [1.29, 1.82) is 5.26 Å². The molecule has 0 amide bonds. The first kappa shape index (κ1) is 9.01. The largest absolute Gasteiger partial charge is 0.350 e. The van der Waals surface area contributed by atoms with E-state index in [0.29, 0.717) is 0 Å². The summed E-state index contributed by atoms with van der Waals surface area (Å²) in [5.74, 6) is 0.0208. The molecule has 2 aromatic heterocycles. The normalized spacial score (nSPS) is 10.1. The molecule has 2 aromatic rings. The van der Waals surface area contributed by atoms with Crippen LogP contribution >= 0.6 is 0 Å². The smallest absolute Gasteiger partial charge is 0.272 e. The Kier molecular flexibility index (Phi) is 1.79. The van der Waals surface area contributed by atoms with Crippen molar-refractivity contribution in [2.24, 2.45) is 7.05 Å². The fraction of sp³-hybridized carbons (Fsp3) is 0.143. The molecule has 15 heavy (non-hydrogen) atoms. The van der Waals surface area contributed by atoms with E-state index in [-0.39, 0.29) is 11.4 Å². The van der Waals surface area contributed by atoms with Crippen LogP contribution in [0, 0.1) is 11.3 Å². The second-order valence-electron chi connectivity index (χ2n) is 2.85. The number of H-pyrrole nitrogens is 2. The Morgan fingerprint density at radius 3 is 2.53 bits per heavy atom. The number of aromatic amines is 2. The predicted molar refractivity (Wildman–Crippen MR) is 48.5 cm³/mol. The van der Waals surface area contributed by atoms with Crippen molar-refractivity contribution in [2.45, 2.75) is 0 Å². The van der Waals surface area contributed by atoms with Crippen LogP contribution in [0.4, 0.5) is 0 Å². The maximum atomic E-state index is 11.2. The summed E-state index contributed by atoms with van der Waals surface area (Å²) < 4.78 is 2.12. The quantitative estimate of drug-likeness (QED) is 0.588. The van der Waals surface area contributed by atoms with Gasteiger partial charge < -0.3 is 0 Å². The first-order valence-electron chi connectivity index (χ1n) is 3.97. The first-order chi connectivity index (χ1) is 7.13. The fourth-order valence-corrected chi connectivity index (χ4v) is 1.22. The molecule has 0 aliphatic heterocycles. The predicted octanol–water partition coefficient (Wildman–Crippen LogP) is -1.54. The van der Waals surface area contributed by atoms with E-state index in [2.05, 4.69) is 15.3 Å². The summed E-state index contributed by atoms with van der Waals surface area (Å²) in [6.07, 6.45) is 1.42. The summed E-state index contributed by atoms with van der Waals surface area (Å²) >= 11 is 0. The van der Waals surface area contributed by atoms with Crippen LogP contribution in [-0.4, -0.2) is 24.5 Å². The van der Waals surface area contributed by atoms with Crippen molar-refractivity contribution >= 4 is 0 Å². The highest BCUT2D eigenvalue weighted by Gasteiger charge is 2.14. The van der Waals surface area contributed by atoms with Gasteiger partial charge in [-0.05, 0) is 0 Å². The molecule has 0 spiro atoms. The third kappa shape index (κ3) is 1.26. The molecular weight excluding hydrogens is 200 g/mol. The number of nitrogens with one attached hydrogen (secondary N) is 2. The lowest BCUT2D eigenvalue weighted by molar-refractivity contribution is 0.742. The minimum absolute atomic E-state index is 0.0208. The number of nitrogens with zero attached hydrogens (tertiary/aromatic N) is 4. The summed E-state index contributed by atoms with van der Waals surface area (Å²) in [6.45, 7) is 0. The van der Waals surface area contributed by atoms with Crippen molar-refractivity contribution in [1.82, 2.24) is 24.5 Å². The van der Waals surface area contributed by atoms with Crippen LogP contribution in [0.15, 0.2) is 15.8 Å². The monoisotopic (exact) mass is 206 g/mol. The molecule has 8 heteroatoms. The topological polar surface area (TPSA) is 112 Å². The zero-order valence-corrected chi connectivity index (χ0v) is 7.68. The number of hydrogen-bond donors (Lipinski definition) is 2. The third-order valence-electron chi connectivity index (χ3n) is 1.82. The van der Waals surface area contributed by atoms with Gasteiger partial charge in [0.15, 0.2) is 5.82 Å². The molecular formula is C7H6N6O2. The Bertz CT molecular complexity index is 621. The van der Waals surface area contributed by atoms with Gasteiger partial charge in [-0.2, -0.15) is 14.9 Å². The summed E-state index contributed by atoms with van der Waals surface area (Å²) in [4.78, 5) is 22.5. The van der Waals surface area contributed by atoms with E-state index >= 15 is 0 Å². The molecule has 76 valence electrons. The van der Waals surface area contributed by atoms with Gasteiger partial charge in [0.25, 0.3) is 0 Å². The third-order valence-corrected chi connectivity index (χ3v) is 1.82. The number of rotatable bonds is 1. The maximum absolute atomic E-state index is 11.2. The van der Waals surface area contributed by atoms with Crippen LogP contribution in [0.25, 0.3) is 5.82 Å². The van der Waals surface area contributed by atoms with Crippen LogP contribution in [0.2, 0.25) is 0 Å². The number of hydrogen-bond acceptors (Lipinski definition) is 4. The van der Waals surface area contributed by atoms with Crippen LogP contribution in [0.5, 0.6) is 0 Å². The second-order valence-corrected chi connectivity index (χ2v) is 2.85. The van der Waals surface area contributed by atoms with E-state index in [1.807, 2.05) is 6.07 Å². The molecule has 0 bridgehead atoms. The van der Waals surface area contributed by atoms with E-state index in [1.165, 1.54) is 10.9 Å². The van der Waals surface area contributed by atoms with Crippen LogP contribution in [0.1, 0.15) is 5.56 Å². The van der Waals surface area contributed by atoms with Gasteiger partial charge in [-0.1, -0.05) is 0 Å². The Morgan fingerprint density at radius 1 is 1.40 bits per heavy atom. The Labute approximate surface area is 82.4 Å². The minimum atomic E-state index is -0.657. The van der Waals surface area contributed by atoms with Crippen molar-refractivity contribution in [3.63, 3.8) is 0 Å². The standard InChI is InChI=1S/C7H6N6O2/c1-12-3-4(2-8)5(11-12)13-6(14)9-10-7(13)15/h3H,1H3,(H,9,14)(H,10,15). The van der Waals surface area contributed by atoms with Crippen molar-refractivity contribution in [3.8, 4) is 11.9 Å². The van der Waals surface area contributed by atoms with Crippen molar-refractivity contribution < 1.29 is 0 Å². The maximum Gasteiger partial charge on any atom is 0.350 e. The Hall–Kier alpha value is -2.56. The molecule has 0 unspecified atom stereocenters. The number of nitriles is 1. The molecule has 0 saturated carbocycles. The molecule has 2 rings (SSSR count). The minimum Gasteiger partial charge on any atom is -0.272 e. The SMILES string of the molecule is Cn1cc(C#N)c(-n2c(=O)[nH][nH]c2=O)n1. The molecule has 0 aliphatic carbocycles. The summed E-state index contributed by atoms with van der Waals surface area (Å²) in [6, 6.07) is 1.85. The summed E-state index contributed by atoms with van der Waals surface area (Å²) in [5, 5.41) is 16.8. The van der Waals surface area contributed by atoms with Gasteiger partial charge in [-0.3, -0.25) is 4.68 Å². The van der Waals surface area contributed by atoms with Gasteiger partial charge in [0, 0.05) is 13.2 Å². The van der Waals surface area contributed by atoms with Gasteiger partial charge in [0.2, 0.25) is 0 Å². The van der Waals surface area contributed by atoms with Crippen LogP contribution in [-0.2, 0) is 7.05 Å². The van der Waals surface area contributed by atoms with Crippen LogP contribution in [0.3, 0.4) is 0 Å². The highest BCUT2D eigenvalue weighted by molar-refractivity contribution is 5.41. The zero-order valence-electron chi connectivity index (χ0n) is 7.68. The molecule has 0 fully saturated rings. The van der Waals surface area contributed by atoms with E-state index in [4.69, 9.17) is 5.26 Å². The highest BCUT2D eigenvalue weighted by Crippen LogP contribution is 2.05. The molecule has 2 heterocycles. The molecule has 0 radical (unpaired) electrons. The molecule has 0 aromatic carbocycles. The summed E-state index contributed by atoms with van der Waals surface area (Å²) in [7, 11) is 1.59. The van der Waals surface area contributed by atoms with Gasteiger partial charge in [0.05, 0.1) is 0 Å². The molecule has 8 nitrogen and oxygen atoms in total. The number of aromatic nitrogens is 5. The summed E-state index contributed by atoms with van der Waals surface area (Å²) in [5.41, 5.74) is -1.16. The van der Waals surface area contributed by atoms with E-state index in [1.54, 1.807) is 7.05 Å². The molecule has 0 aliphatic rings. The molecule has 0 atom stereocenters. The Morgan fingerprint density at radius 2 is 2.00 bits per heavy atom. The van der Waals surface area contributed by atoms with E-state index in [9.17, 15) is 9.59 Å². The first-order valence-corrected chi connectivity index (χ1v) is 3.97. The second kappa shape index (κ2) is 2.98. The van der Waals surface area contributed by atoms with Crippen molar-refractivity contribution in [3.05, 3.63) is 32.7 Å². The lowest BCUT2D eigenvalue weighted by Crippen LogP contribution is -2.25. The van der Waals surface area contributed by atoms with Crippen LogP contribution < -0.4 is 11.4 Å². The lowest BCUT2D eigenvalue weighted by Gasteiger charge is -1.91. The van der Waals surface area contributed by atoms with E-state index in [0.717, 1.165) is 4.57 Å². The fourth-order valence-electron chi connectivity index (χ4n) is 1.22. The van der Waals surface area contributed by atoms with Gasteiger partial charge in [-0.25, -0.2) is 19.8 Å². The molecule has 2 N–H and O–H groups in total. The zero-order chi connectivity index (χ0) is 11.0. The average Bonchev–Trinajstić information content (AvgIpc) is 2.70. The van der Waals surface area contributed by atoms with Gasteiger partial charge >= 0.3 is 11.4 Å². The van der Waals surface area contributed by atoms with Gasteiger partial charge in [-0.15, -0.1) is 0 Å². The highest BCUT2D eigenvalue weighted by atomic mass is 16.2. The lowest BCUT2D eigenvalue weighted by atomic mass is 10.3. The van der Waals surface area contributed by atoms with E-state index < -0.39 is 11.4 Å². The molecule has 0 saturated heterocycles.